The molecule has 1 atom stereocenters. The number of anilines is 1. The molecule has 0 aliphatic carbocycles. The van der Waals surface area contributed by atoms with Crippen LogP contribution in [0.4, 0.5) is 5.69 Å². The van der Waals surface area contributed by atoms with Gasteiger partial charge in [-0.1, -0.05) is 6.07 Å². The summed E-state index contributed by atoms with van der Waals surface area (Å²) in [5.41, 5.74) is 0.907. The van der Waals surface area contributed by atoms with Crippen molar-refractivity contribution in [2.24, 2.45) is 0 Å². The first-order valence-corrected chi connectivity index (χ1v) is 7.17. The van der Waals surface area contributed by atoms with Crippen molar-refractivity contribution in [2.45, 2.75) is 6.10 Å². The molecule has 1 aromatic heterocycles. The van der Waals surface area contributed by atoms with Crippen LogP contribution in [0.15, 0.2) is 40.2 Å². The molecule has 0 aliphatic heterocycles. The van der Waals surface area contributed by atoms with Crippen LogP contribution in [0.1, 0.15) is 11.0 Å². The number of aliphatic hydroxyl groups excluding tert-OH is 1. The largest absolute Gasteiger partial charge is 0.497 e. The van der Waals surface area contributed by atoms with E-state index in [9.17, 15) is 5.11 Å². The molecule has 2 rings (SSSR count). The minimum Gasteiger partial charge on any atom is -0.497 e. The minimum absolute atomic E-state index is 0.465. The standard InChI is InChI=1S/C13H14BrNO2S/c1-17-9-4-5-10(14)11(7-9)15-8-12(16)13-3-2-6-18-13/h2-7,12,15-16H,8H2,1H3. The van der Waals surface area contributed by atoms with E-state index in [0.29, 0.717) is 6.54 Å². The monoisotopic (exact) mass is 327 g/mol. The highest BCUT2D eigenvalue weighted by atomic mass is 79.9. The Kier molecular flexibility index (Phi) is 4.63. The fourth-order valence-corrected chi connectivity index (χ4v) is 2.65. The number of ether oxygens (including phenoxy) is 1. The van der Waals surface area contributed by atoms with E-state index in [-0.39, 0.29) is 0 Å². The number of hydrogen-bond acceptors (Lipinski definition) is 4. The number of benzene rings is 1. The number of thiophene rings is 1. The number of nitrogens with one attached hydrogen (secondary N) is 1. The summed E-state index contributed by atoms with van der Waals surface area (Å²) in [6.07, 6.45) is -0.497. The van der Waals surface area contributed by atoms with Crippen LogP contribution in [0.3, 0.4) is 0 Å². The first kappa shape index (κ1) is 13.4. The van der Waals surface area contributed by atoms with Gasteiger partial charge in [0.1, 0.15) is 11.9 Å². The lowest BCUT2D eigenvalue weighted by Gasteiger charge is -2.13. The average Bonchev–Trinajstić information content (AvgIpc) is 2.91. The van der Waals surface area contributed by atoms with Crippen molar-refractivity contribution >= 4 is 33.0 Å². The third-order valence-corrected chi connectivity index (χ3v) is 4.20. The first-order chi connectivity index (χ1) is 8.70. The third kappa shape index (κ3) is 3.25. The third-order valence-electron chi connectivity index (χ3n) is 2.53. The Labute approximate surface area is 119 Å². The van der Waals surface area contributed by atoms with Crippen LogP contribution in [-0.4, -0.2) is 18.8 Å². The maximum Gasteiger partial charge on any atom is 0.121 e. The molecule has 2 aromatic rings. The van der Waals surface area contributed by atoms with Crippen molar-refractivity contribution in [1.82, 2.24) is 0 Å². The Hall–Kier alpha value is -1.04. The van der Waals surface area contributed by atoms with Gasteiger partial charge in [-0.3, -0.25) is 0 Å². The zero-order chi connectivity index (χ0) is 13.0. The second kappa shape index (κ2) is 6.22. The van der Waals surface area contributed by atoms with E-state index >= 15 is 0 Å². The molecule has 0 saturated carbocycles. The van der Waals surface area contributed by atoms with Crippen LogP contribution < -0.4 is 10.1 Å². The lowest BCUT2D eigenvalue weighted by molar-refractivity contribution is 0.195. The summed E-state index contributed by atoms with van der Waals surface area (Å²) >= 11 is 5.01. The smallest absolute Gasteiger partial charge is 0.121 e. The van der Waals surface area contributed by atoms with E-state index in [1.165, 1.54) is 0 Å². The molecule has 0 radical (unpaired) electrons. The van der Waals surface area contributed by atoms with Gasteiger partial charge in [-0.25, -0.2) is 0 Å². The van der Waals surface area contributed by atoms with Gasteiger partial charge in [0.2, 0.25) is 0 Å². The van der Waals surface area contributed by atoms with Crippen molar-refractivity contribution in [3.8, 4) is 5.75 Å². The van der Waals surface area contributed by atoms with Crippen molar-refractivity contribution in [2.75, 3.05) is 19.0 Å². The molecule has 1 heterocycles. The predicted molar refractivity (Wildman–Crippen MR) is 78.5 cm³/mol. The fourth-order valence-electron chi connectivity index (χ4n) is 1.55. The van der Waals surface area contributed by atoms with E-state index in [1.54, 1.807) is 18.4 Å². The average molecular weight is 328 g/mol. The quantitative estimate of drug-likeness (QED) is 0.880. The Bertz CT molecular complexity index is 502. The molecule has 1 aromatic carbocycles. The van der Waals surface area contributed by atoms with Gasteiger partial charge in [-0.05, 0) is 39.5 Å². The summed E-state index contributed by atoms with van der Waals surface area (Å²) in [5.74, 6) is 0.784. The number of aliphatic hydroxyl groups is 1. The Morgan fingerprint density at radius 3 is 2.94 bits per heavy atom. The first-order valence-electron chi connectivity index (χ1n) is 5.49. The minimum atomic E-state index is -0.497. The van der Waals surface area contributed by atoms with E-state index in [4.69, 9.17) is 4.74 Å². The van der Waals surface area contributed by atoms with Crippen LogP contribution in [0, 0.1) is 0 Å². The van der Waals surface area contributed by atoms with Crippen LogP contribution >= 0.6 is 27.3 Å². The summed E-state index contributed by atoms with van der Waals surface area (Å²) in [6, 6.07) is 9.55. The van der Waals surface area contributed by atoms with E-state index in [0.717, 1.165) is 20.8 Å². The molecule has 3 nitrogen and oxygen atoms in total. The lowest BCUT2D eigenvalue weighted by atomic mass is 10.2. The number of rotatable bonds is 5. The maximum absolute atomic E-state index is 9.99. The van der Waals surface area contributed by atoms with Gasteiger partial charge in [0, 0.05) is 22.0 Å². The van der Waals surface area contributed by atoms with Crippen LogP contribution in [-0.2, 0) is 0 Å². The molecule has 2 N–H and O–H groups in total. The van der Waals surface area contributed by atoms with Gasteiger partial charge in [0.05, 0.1) is 12.8 Å². The highest BCUT2D eigenvalue weighted by molar-refractivity contribution is 9.10. The molecule has 0 spiro atoms. The molecule has 0 fully saturated rings. The molecule has 96 valence electrons. The number of hydrogen-bond donors (Lipinski definition) is 2. The fraction of sp³-hybridized carbons (Fsp3) is 0.231. The topological polar surface area (TPSA) is 41.5 Å². The molecule has 1 unspecified atom stereocenters. The van der Waals surface area contributed by atoms with Crippen molar-refractivity contribution in [3.63, 3.8) is 0 Å². The van der Waals surface area contributed by atoms with Crippen LogP contribution in [0.25, 0.3) is 0 Å². The molecular formula is C13H14BrNO2S. The number of halogens is 1. The zero-order valence-corrected chi connectivity index (χ0v) is 12.3. The Balaban J connectivity index is 2.01. The summed E-state index contributed by atoms with van der Waals surface area (Å²) in [7, 11) is 1.63. The van der Waals surface area contributed by atoms with Gasteiger partial charge in [0.15, 0.2) is 0 Å². The Morgan fingerprint density at radius 2 is 2.28 bits per heavy atom. The summed E-state index contributed by atoms with van der Waals surface area (Å²) in [5, 5.41) is 15.2. The Morgan fingerprint density at radius 1 is 1.44 bits per heavy atom. The van der Waals surface area contributed by atoms with Crippen LogP contribution in [0.2, 0.25) is 0 Å². The molecule has 0 aliphatic rings. The van der Waals surface area contributed by atoms with Gasteiger partial charge in [-0.15, -0.1) is 11.3 Å². The second-order valence-electron chi connectivity index (χ2n) is 3.76. The van der Waals surface area contributed by atoms with Crippen LogP contribution in [0.5, 0.6) is 5.75 Å². The zero-order valence-electron chi connectivity index (χ0n) is 9.89. The van der Waals surface area contributed by atoms with E-state index in [1.807, 2.05) is 35.7 Å². The molecule has 0 bridgehead atoms. The SMILES string of the molecule is COc1ccc(Br)c(NCC(O)c2cccs2)c1. The molecular weight excluding hydrogens is 314 g/mol. The van der Waals surface area contributed by atoms with Gasteiger partial charge < -0.3 is 15.2 Å². The summed E-state index contributed by atoms with van der Waals surface area (Å²) in [4.78, 5) is 0.960. The van der Waals surface area contributed by atoms with Crippen molar-refractivity contribution in [1.29, 1.82) is 0 Å². The summed E-state index contributed by atoms with van der Waals surface area (Å²) < 4.78 is 6.11. The lowest BCUT2D eigenvalue weighted by Crippen LogP contribution is -2.11. The van der Waals surface area contributed by atoms with Gasteiger partial charge in [-0.2, -0.15) is 0 Å². The van der Waals surface area contributed by atoms with E-state index < -0.39 is 6.10 Å². The number of methoxy groups -OCH3 is 1. The molecule has 18 heavy (non-hydrogen) atoms. The molecule has 0 amide bonds. The highest BCUT2D eigenvalue weighted by Gasteiger charge is 2.09. The maximum atomic E-state index is 9.99. The van der Waals surface area contributed by atoms with Gasteiger partial charge >= 0.3 is 0 Å². The van der Waals surface area contributed by atoms with Gasteiger partial charge in [0.25, 0.3) is 0 Å². The normalized spacial score (nSPS) is 12.2. The summed E-state index contributed by atoms with van der Waals surface area (Å²) in [6.45, 7) is 0.465. The predicted octanol–water partition coefficient (Wildman–Crippen LogP) is 3.66. The van der Waals surface area contributed by atoms with Crippen molar-refractivity contribution in [3.05, 3.63) is 45.1 Å². The molecule has 0 saturated heterocycles. The highest BCUT2D eigenvalue weighted by Crippen LogP contribution is 2.28. The van der Waals surface area contributed by atoms with Crippen molar-refractivity contribution < 1.29 is 9.84 Å². The second-order valence-corrected chi connectivity index (χ2v) is 5.59. The molecule has 5 heteroatoms. The van der Waals surface area contributed by atoms with E-state index in [2.05, 4.69) is 21.2 Å².